The molecule has 4 atom stereocenters. The Labute approximate surface area is 99.5 Å². The quantitative estimate of drug-likeness (QED) is 0.786. The highest BCUT2D eigenvalue weighted by Gasteiger charge is 2.31. The first-order chi connectivity index (χ1) is 7.69. The van der Waals surface area contributed by atoms with Gasteiger partial charge in [-0.15, -0.1) is 0 Å². The van der Waals surface area contributed by atoms with Crippen molar-refractivity contribution in [1.82, 2.24) is 10.2 Å². The van der Waals surface area contributed by atoms with E-state index in [0.717, 1.165) is 25.0 Å². The minimum atomic E-state index is 0.449. The van der Waals surface area contributed by atoms with Crippen LogP contribution in [0, 0.1) is 5.92 Å². The Balaban J connectivity index is 1.74. The zero-order valence-corrected chi connectivity index (χ0v) is 10.9. The first-order valence-corrected chi connectivity index (χ1v) is 6.73. The number of hydrogen-bond donors (Lipinski definition) is 1. The Hall–Kier alpha value is -0.120. The van der Waals surface area contributed by atoms with Crippen molar-refractivity contribution in [3.8, 4) is 0 Å². The van der Waals surface area contributed by atoms with Crippen LogP contribution < -0.4 is 5.32 Å². The molecule has 0 aliphatic carbocycles. The van der Waals surface area contributed by atoms with E-state index in [4.69, 9.17) is 4.74 Å². The Morgan fingerprint density at radius 3 is 2.62 bits per heavy atom. The smallest absolute Gasteiger partial charge is 0.0707 e. The maximum absolute atomic E-state index is 6.04. The van der Waals surface area contributed by atoms with Gasteiger partial charge >= 0.3 is 0 Å². The maximum atomic E-state index is 6.04. The highest BCUT2D eigenvalue weighted by atomic mass is 16.5. The Morgan fingerprint density at radius 1 is 1.25 bits per heavy atom. The largest absolute Gasteiger partial charge is 0.372 e. The van der Waals surface area contributed by atoms with E-state index in [2.05, 4.69) is 24.1 Å². The van der Waals surface area contributed by atoms with Gasteiger partial charge in [-0.3, -0.25) is 4.90 Å². The Bertz CT molecular complexity index is 222. The molecule has 2 aliphatic heterocycles. The third kappa shape index (κ3) is 2.96. The van der Waals surface area contributed by atoms with E-state index in [1.165, 1.54) is 25.8 Å². The van der Waals surface area contributed by atoms with Crippen molar-refractivity contribution in [2.45, 2.75) is 51.4 Å². The molecular formula is C13H26N2O. The van der Waals surface area contributed by atoms with Crippen molar-refractivity contribution in [3.63, 3.8) is 0 Å². The van der Waals surface area contributed by atoms with Crippen LogP contribution in [-0.2, 0) is 4.74 Å². The second kappa shape index (κ2) is 5.48. The van der Waals surface area contributed by atoms with Gasteiger partial charge in [0.1, 0.15) is 0 Å². The van der Waals surface area contributed by atoms with Crippen LogP contribution >= 0.6 is 0 Å². The van der Waals surface area contributed by atoms with E-state index in [9.17, 15) is 0 Å². The van der Waals surface area contributed by atoms with Gasteiger partial charge in [0.05, 0.1) is 12.2 Å². The van der Waals surface area contributed by atoms with Crippen molar-refractivity contribution in [2.24, 2.45) is 5.92 Å². The number of likely N-dealkylation sites (tertiary alicyclic amines) is 1. The van der Waals surface area contributed by atoms with E-state index in [1.807, 2.05) is 7.05 Å². The number of nitrogens with one attached hydrogen (secondary N) is 1. The fourth-order valence-electron chi connectivity index (χ4n) is 3.19. The normalized spacial score (nSPS) is 40.7. The number of ether oxygens (including phenoxy) is 1. The molecule has 2 heterocycles. The molecule has 3 heteroatoms. The van der Waals surface area contributed by atoms with E-state index in [-0.39, 0.29) is 0 Å². The molecule has 2 aliphatic rings. The first kappa shape index (κ1) is 12.3. The minimum absolute atomic E-state index is 0.449. The van der Waals surface area contributed by atoms with E-state index in [1.54, 1.807) is 0 Å². The summed E-state index contributed by atoms with van der Waals surface area (Å²) >= 11 is 0. The number of hydrogen-bond acceptors (Lipinski definition) is 3. The van der Waals surface area contributed by atoms with Gasteiger partial charge in [0.15, 0.2) is 0 Å². The zero-order chi connectivity index (χ0) is 11.5. The van der Waals surface area contributed by atoms with Crippen molar-refractivity contribution in [1.29, 1.82) is 0 Å². The van der Waals surface area contributed by atoms with Crippen molar-refractivity contribution in [3.05, 3.63) is 0 Å². The standard InChI is InChI=1S/C13H26N2O/c1-10-6-11(2)15(8-10)9-13-5-4-12(16-13)7-14-3/h10-14H,4-9H2,1-3H3. The summed E-state index contributed by atoms with van der Waals surface area (Å²) in [4.78, 5) is 2.61. The molecule has 0 radical (unpaired) electrons. The first-order valence-electron chi connectivity index (χ1n) is 6.73. The zero-order valence-electron chi connectivity index (χ0n) is 10.9. The van der Waals surface area contributed by atoms with Crippen molar-refractivity contribution in [2.75, 3.05) is 26.7 Å². The average Bonchev–Trinajstić information content (AvgIpc) is 2.76. The molecule has 0 aromatic heterocycles. The lowest BCUT2D eigenvalue weighted by Crippen LogP contribution is -2.35. The van der Waals surface area contributed by atoms with Crippen LogP contribution in [0.25, 0.3) is 0 Å². The summed E-state index contributed by atoms with van der Waals surface area (Å²) in [5.41, 5.74) is 0. The molecular weight excluding hydrogens is 200 g/mol. The summed E-state index contributed by atoms with van der Waals surface area (Å²) < 4.78 is 6.04. The monoisotopic (exact) mass is 226 g/mol. The molecule has 0 aromatic carbocycles. The topological polar surface area (TPSA) is 24.5 Å². The van der Waals surface area contributed by atoms with Crippen LogP contribution in [0.15, 0.2) is 0 Å². The number of likely N-dealkylation sites (N-methyl/N-ethyl adjacent to an activating group) is 1. The molecule has 4 unspecified atom stereocenters. The Kier molecular flexibility index (Phi) is 4.22. The molecule has 0 spiro atoms. The van der Waals surface area contributed by atoms with Crippen LogP contribution in [0.5, 0.6) is 0 Å². The van der Waals surface area contributed by atoms with E-state index in [0.29, 0.717) is 12.2 Å². The predicted molar refractivity (Wildman–Crippen MR) is 66.6 cm³/mol. The highest BCUT2D eigenvalue weighted by molar-refractivity contribution is 4.84. The average molecular weight is 226 g/mol. The Morgan fingerprint density at radius 2 is 2.00 bits per heavy atom. The van der Waals surface area contributed by atoms with Crippen LogP contribution in [0.1, 0.15) is 33.1 Å². The lowest BCUT2D eigenvalue weighted by Gasteiger charge is -2.24. The van der Waals surface area contributed by atoms with Crippen molar-refractivity contribution >= 4 is 0 Å². The summed E-state index contributed by atoms with van der Waals surface area (Å²) in [5, 5.41) is 3.20. The molecule has 94 valence electrons. The molecule has 1 N–H and O–H groups in total. The minimum Gasteiger partial charge on any atom is -0.372 e. The molecule has 0 bridgehead atoms. The third-order valence-corrected chi connectivity index (χ3v) is 3.98. The lowest BCUT2D eigenvalue weighted by atomic mass is 10.1. The molecule has 2 fully saturated rings. The van der Waals surface area contributed by atoms with Gasteiger partial charge in [0.25, 0.3) is 0 Å². The molecule has 0 aromatic rings. The molecule has 0 saturated carbocycles. The van der Waals surface area contributed by atoms with Gasteiger partial charge in [-0.1, -0.05) is 6.92 Å². The van der Waals surface area contributed by atoms with E-state index >= 15 is 0 Å². The van der Waals surface area contributed by atoms with Gasteiger partial charge in [0, 0.05) is 25.7 Å². The van der Waals surface area contributed by atoms with E-state index < -0.39 is 0 Å². The second-order valence-corrected chi connectivity index (χ2v) is 5.66. The second-order valence-electron chi connectivity index (χ2n) is 5.66. The lowest BCUT2D eigenvalue weighted by molar-refractivity contribution is 0.0225. The van der Waals surface area contributed by atoms with Gasteiger partial charge in [-0.25, -0.2) is 0 Å². The third-order valence-electron chi connectivity index (χ3n) is 3.98. The number of rotatable bonds is 4. The maximum Gasteiger partial charge on any atom is 0.0707 e. The van der Waals surface area contributed by atoms with Crippen molar-refractivity contribution < 1.29 is 4.74 Å². The van der Waals surface area contributed by atoms with Crippen LogP contribution in [-0.4, -0.2) is 49.8 Å². The summed E-state index contributed by atoms with van der Waals surface area (Å²) in [5.74, 6) is 0.865. The SMILES string of the molecule is CNCC1CCC(CN2CC(C)CC2C)O1. The fourth-order valence-corrected chi connectivity index (χ4v) is 3.19. The predicted octanol–water partition coefficient (Wildman–Crippen LogP) is 1.48. The molecule has 16 heavy (non-hydrogen) atoms. The summed E-state index contributed by atoms with van der Waals surface area (Å²) in [6, 6.07) is 0.752. The number of nitrogens with zero attached hydrogens (tertiary/aromatic N) is 1. The van der Waals surface area contributed by atoms with Gasteiger partial charge in [0.2, 0.25) is 0 Å². The van der Waals surface area contributed by atoms with Crippen LogP contribution in [0.3, 0.4) is 0 Å². The summed E-state index contributed by atoms with van der Waals surface area (Å²) in [7, 11) is 2.00. The van der Waals surface area contributed by atoms with Gasteiger partial charge in [-0.05, 0) is 39.2 Å². The summed E-state index contributed by atoms with van der Waals surface area (Å²) in [6.45, 7) is 8.12. The highest BCUT2D eigenvalue weighted by Crippen LogP contribution is 2.26. The van der Waals surface area contributed by atoms with Crippen LogP contribution in [0.2, 0.25) is 0 Å². The molecule has 0 amide bonds. The molecule has 3 nitrogen and oxygen atoms in total. The van der Waals surface area contributed by atoms with Crippen LogP contribution in [0.4, 0.5) is 0 Å². The summed E-state index contributed by atoms with van der Waals surface area (Å²) in [6.07, 6.45) is 4.75. The van der Waals surface area contributed by atoms with Gasteiger partial charge in [-0.2, -0.15) is 0 Å². The van der Waals surface area contributed by atoms with Gasteiger partial charge < -0.3 is 10.1 Å². The molecule has 2 saturated heterocycles. The fraction of sp³-hybridized carbons (Fsp3) is 1.00. The molecule has 2 rings (SSSR count).